The predicted octanol–water partition coefficient (Wildman–Crippen LogP) is 4.73. The fourth-order valence-electron chi connectivity index (χ4n) is 2.48. The van der Waals surface area contributed by atoms with Gasteiger partial charge >= 0.3 is 0 Å². The van der Waals surface area contributed by atoms with Gasteiger partial charge in [-0.2, -0.15) is 0 Å². The summed E-state index contributed by atoms with van der Waals surface area (Å²) in [6.07, 6.45) is 0. The van der Waals surface area contributed by atoms with Crippen LogP contribution in [0.15, 0.2) is 36.4 Å². The summed E-state index contributed by atoms with van der Waals surface area (Å²) in [4.78, 5) is 2.81. The zero-order chi connectivity index (χ0) is 15.1. The number of hydrogen-bond donors (Lipinski definition) is 1. The van der Waals surface area contributed by atoms with E-state index in [2.05, 4.69) is 4.98 Å². The van der Waals surface area contributed by atoms with E-state index in [0.29, 0.717) is 11.1 Å². The van der Waals surface area contributed by atoms with Crippen molar-refractivity contribution in [3.8, 4) is 0 Å². The molecule has 21 heavy (non-hydrogen) atoms. The molecule has 1 unspecified atom stereocenters. The minimum absolute atomic E-state index is 0.00996. The molecular formula is C15H11F3N2S. The van der Waals surface area contributed by atoms with Gasteiger partial charge in [0, 0.05) is 5.56 Å². The van der Waals surface area contributed by atoms with Gasteiger partial charge < -0.3 is 9.55 Å². The van der Waals surface area contributed by atoms with Gasteiger partial charge in [0.05, 0.1) is 11.6 Å². The monoisotopic (exact) mass is 308 g/mol. The first-order valence-corrected chi connectivity index (χ1v) is 6.74. The maximum atomic E-state index is 14.1. The molecule has 1 atom stereocenters. The van der Waals surface area contributed by atoms with E-state index in [1.165, 1.54) is 16.7 Å². The van der Waals surface area contributed by atoms with Crippen molar-refractivity contribution in [2.45, 2.75) is 13.0 Å². The number of halogens is 3. The third-order valence-corrected chi connectivity index (χ3v) is 3.81. The van der Waals surface area contributed by atoms with Gasteiger partial charge in [0.1, 0.15) is 11.3 Å². The second kappa shape index (κ2) is 5.04. The second-order valence-corrected chi connectivity index (χ2v) is 5.14. The summed E-state index contributed by atoms with van der Waals surface area (Å²) in [6.45, 7) is 1.69. The van der Waals surface area contributed by atoms with Gasteiger partial charge in [-0.15, -0.1) is 0 Å². The van der Waals surface area contributed by atoms with Crippen LogP contribution in [0, 0.1) is 22.2 Å². The van der Waals surface area contributed by atoms with Crippen molar-refractivity contribution >= 4 is 23.3 Å². The molecular weight excluding hydrogens is 297 g/mol. The molecule has 0 aliphatic rings. The molecule has 2 nitrogen and oxygen atoms in total. The van der Waals surface area contributed by atoms with E-state index in [9.17, 15) is 13.2 Å². The van der Waals surface area contributed by atoms with E-state index in [0.717, 1.165) is 6.07 Å². The average Bonchev–Trinajstić information content (AvgIpc) is 2.80. The lowest BCUT2D eigenvalue weighted by atomic mass is 10.1. The van der Waals surface area contributed by atoms with Gasteiger partial charge in [0.25, 0.3) is 0 Å². The van der Waals surface area contributed by atoms with Crippen molar-refractivity contribution in [2.24, 2.45) is 0 Å². The Morgan fingerprint density at radius 1 is 1.05 bits per heavy atom. The first kappa shape index (κ1) is 13.9. The summed E-state index contributed by atoms with van der Waals surface area (Å²) in [5, 5.41) is 0. The molecule has 3 rings (SSSR count). The molecule has 2 aromatic carbocycles. The Bertz CT molecular complexity index is 882. The van der Waals surface area contributed by atoms with E-state index < -0.39 is 23.5 Å². The molecule has 0 saturated carbocycles. The van der Waals surface area contributed by atoms with Crippen molar-refractivity contribution in [1.82, 2.24) is 9.55 Å². The van der Waals surface area contributed by atoms with Crippen LogP contribution in [-0.2, 0) is 0 Å². The van der Waals surface area contributed by atoms with Crippen molar-refractivity contribution in [2.75, 3.05) is 0 Å². The topological polar surface area (TPSA) is 20.7 Å². The van der Waals surface area contributed by atoms with Crippen molar-refractivity contribution in [3.05, 3.63) is 64.2 Å². The lowest BCUT2D eigenvalue weighted by Gasteiger charge is -2.16. The molecule has 0 amide bonds. The first-order valence-electron chi connectivity index (χ1n) is 6.33. The van der Waals surface area contributed by atoms with Crippen LogP contribution in [0.25, 0.3) is 11.0 Å². The summed E-state index contributed by atoms with van der Waals surface area (Å²) >= 11 is 5.17. The average molecular weight is 308 g/mol. The van der Waals surface area contributed by atoms with Gasteiger partial charge in [-0.3, -0.25) is 0 Å². The van der Waals surface area contributed by atoms with Crippen molar-refractivity contribution < 1.29 is 13.2 Å². The molecule has 1 heterocycles. The molecule has 3 aromatic rings. The minimum Gasteiger partial charge on any atom is -0.330 e. The van der Waals surface area contributed by atoms with Gasteiger partial charge in [-0.25, -0.2) is 13.2 Å². The molecule has 0 fully saturated rings. The molecule has 0 radical (unpaired) electrons. The third-order valence-electron chi connectivity index (χ3n) is 3.51. The molecule has 108 valence electrons. The normalized spacial score (nSPS) is 12.8. The Balaban J connectivity index is 2.30. The SMILES string of the molecule is CC(c1ccccc1F)n1c(=S)[nH]c2ccc(F)c(F)c21. The quantitative estimate of drug-likeness (QED) is 0.679. The molecule has 0 saturated heterocycles. The van der Waals surface area contributed by atoms with E-state index in [1.807, 2.05) is 0 Å². The van der Waals surface area contributed by atoms with Crippen LogP contribution >= 0.6 is 12.2 Å². The third kappa shape index (κ3) is 2.15. The summed E-state index contributed by atoms with van der Waals surface area (Å²) in [6, 6.07) is 8.04. The summed E-state index contributed by atoms with van der Waals surface area (Å²) in [7, 11) is 0. The first-order chi connectivity index (χ1) is 10.0. The number of fused-ring (bicyclic) bond motifs is 1. The molecule has 1 N–H and O–H groups in total. The minimum atomic E-state index is -0.997. The van der Waals surface area contributed by atoms with Gasteiger partial charge in [0.2, 0.25) is 0 Å². The molecule has 6 heteroatoms. The van der Waals surface area contributed by atoms with Crippen LogP contribution in [0.5, 0.6) is 0 Å². The zero-order valence-corrected chi connectivity index (χ0v) is 11.8. The number of imidazole rings is 1. The van der Waals surface area contributed by atoms with Crippen molar-refractivity contribution in [1.29, 1.82) is 0 Å². The largest absolute Gasteiger partial charge is 0.330 e. The van der Waals surface area contributed by atoms with Crippen LogP contribution in [-0.4, -0.2) is 9.55 Å². The number of hydrogen-bond acceptors (Lipinski definition) is 1. The maximum Gasteiger partial charge on any atom is 0.184 e. The number of aromatic amines is 1. The van der Waals surface area contributed by atoms with Crippen LogP contribution in [0.4, 0.5) is 13.2 Å². The van der Waals surface area contributed by atoms with E-state index >= 15 is 0 Å². The Morgan fingerprint density at radius 3 is 2.48 bits per heavy atom. The fraction of sp³-hybridized carbons (Fsp3) is 0.133. The second-order valence-electron chi connectivity index (χ2n) is 4.76. The van der Waals surface area contributed by atoms with Crippen LogP contribution in [0.2, 0.25) is 0 Å². The highest BCUT2D eigenvalue weighted by molar-refractivity contribution is 7.71. The van der Waals surface area contributed by atoms with Crippen LogP contribution < -0.4 is 0 Å². The summed E-state index contributed by atoms with van der Waals surface area (Å²) in [5.41, 5.74) is 0.746. The molecule has 0 aliphatic carbocycles. The molecule has 0 spiro atoms. The van der Waals surface area contributed by atoms with Crippen LogP contribution in [0.1, 0.15) is 18.5 Å². The Morgan fingerprint density at radius 2 is 1.76 bits per heavy atom. The smallest absolute Gasteiger partial charge is 0.184 e. The maximum absolute atomic E-state index is 14.1. The van der Waals surface area contributed by atoms with Gasteiger partial charge in [-0.05, 0) is 37.3 Å². The predicted molar refractivity (Wildman–Crippen MR) is 77.3 cm³/mol. The number of aromatic nitrogens is 2. The standard InChI is InChI=1S/C15H11F3N2S/c1-8(9-4-2-3-5-10(9)16)20-14-12(19-15(20)21)7-6-11(17)13(14)18/h2-8H,1H3,(H,19,21). The molecule has 1 aromatic heterocycles. The lowest BCUT2D eigenvalue weighted by molar-refractivity contribution is 0.505. The number of benzene rings is 2. The van der Waals surface area contributed by atoms with E-state index in [-0.39, 0.29) is 10.3 Å². The lowest BCUT2D eigenvalue weighted by Crippen LogP contribution is -2.10. The fourth-order valence-corrected chi connectivity index (χ4v) is 2.84. The van der Waals surface area contributed by atoms with Gasteiger partial charge in [0.15, 0.2) is 16.4 Å². The Labute approximate surface area is 123 Å². The Hall–Kier alpha value is -2.08. The molecule has 0 aliphatic heterocycles. The summed E-state index contributed by atoms with van der Waals surface area (Å²) in [5.74, 6) is -2.38. The Kier molecular flexibility index (Phi) is 3.33. The molecule has 0 bridgehead atoms. The number of H-pyrrole nitrogens is 1. The number of nitrogens with zero attached hydrogens (tertiary/aromatic N) is 1. The zero-order valence-electron chi connectivity index (χ0n) is 11.0. The highest BCUT2D eigenvalue weighted by Crippen LogP contribution is 2.28. The highest BCUT2D eigenvalue weighted by atomic mass is 32.1. The van der Waals surface area contributed by atoms with E-state index in [4.69, 9.17) is 12.2 Å². The highest BCUT2D eigenvalue weighted by Gasteiger charge is 2.20. The summed E-state index contributed by atoms with van der Waals surface area (Å²) < 4.78 is 43.1. The van der Waals surface area contributed by atoms with Crippen LogP contribution in [0.3, 0.4) is 0 Å². The van der Waals surface area contributed by atoms with E-state index in [1.54, 1.807) is 25.1 Å². The van der Waals surface area contributed by atoms with Gasteiger partial charge in [-0.1, -0.05) is 18.2 Å². The number of rotatable bonds is 2. The van der Waals surface area contributed by atoms with Crippen molar-refractivity contribution in [3.63, 3.8) is 0 Å². The number of nitrogens with one attached hydrogen (secondary N) is 1.